The van der Waals surface area contributed by atoms with Crippen molar-refractivity contribution in [2.45, 2.75) is 57.7 Å². The maximum absolute atomic E-state index is 12.0. The molecule has 2 atom stereocenters. The number of rotatable bonds is 5. The molecular weight excluding hydrogens is 222 g/mol. The van der Waals surface area contributed by atoms with Crippen molar-refractivity contribution in [3.8, 4) is 0 Å². The first-order chi connectivity index (χ1) is 7.30. The minimum Gasteiger partial charge on any atom is -0.212 e. The molecule has 0 aromatic heterocycles. The molecule has 0 radical (unpaired) electrons. The second-order valence-electron chi connectivity index (χ2n) is 5.30. The molecule has 0 N–H and O–H groups in total. The molecule has 2 unspecified atom stereocenters. The van der Waals surface area contributed by atoms with Crippen LogP contribution in [0.1, 0.15) is 47.0 Å². The Balaban J connectivity index is 2.43. The molecule has 3 nitrogen and oxygen atoms in total. The van der Waals surface area contributed by atoms with Gasteiger partial charge in [-0.2, -0.15) is 4.31 Å². The van der Waals surface area contributed by atoms with E-state index in [0.717, 1.165) is 19.3 Å². The van der Waals surface area contributed by atoms with Crippen LogP contribution in [-0.2, 0) is 10.0 Å². The average molecular weight is 245 g/mol. The van der Waals surface area contributed by atoms with Gasteiger partial charge in [0.05, 0.1) is 4.75 Å². The van der Waals surface area contributed by atoms with Gasteiger partial charge in [0.15, 0.2) is 0 Å². The Bertz CT molecular complexity index is 352. The molecule has 0 amide bonds. The van der Waals surface area contributed by atoms with Crippen molar-refractivity contribution in [3.63, 3.8) is 0 Å². The zero-order chi connectivity index (χ0) is 12.4. The number of hydrogen-bond donors (Lipinski definition) is 0. The SMILES string of the molecule is CC/C=C/CCC1CN1S(=O)(=O)C(C)(C)C. The van der Waals surface area contributed by atoms with Crippen molar-refractivity contribution in [1.82, 2.24) is 4.31 Å². The van der Waals surface area contributed by atoms with Crippen LogP contribution in [0.25, 0.3) is 0 Å². The third-order valence-corrected chi connectivity index (χ3v) is 5.43. The predicted octanol–water partition coefficient (Wildman–Crippen LogP) is 2.55. The van der Waals surface area contributed by atoms with Gasteiger partial charge in [-0.3, -0.25) is 0 Å². The summed E-state index contributed by atoms with van der Waals surface area (Å²) in [5.41, 5.74) is 0. The lowest BCUT2D eigenvalue weighted by atomic mass is 10.2. The zero-order valence-corrected chi connectivity index (χ0v) is 11.5. The molecule has 0 aromatic carbocycles. The molecule has 0 saturated carbocycles. The summed E-state index contributed by atoms with van der Waals surface area (Å²) in [4.78, 5) is 0. The van der Waals surface area contributed by atoms with Gasteiger partial charge in [-0.15, -0.1) is 0 Å². The lowest BCUT2D eigenvalue weighted by molar-refractivity contribution is 0.512. The quantitative estimate of drug-likeness (QED) is 0.551. The Kier molecular flexibility index (Phi) is 4.18. The molecule has 0 bridgehead atoms. The molecule has 0 aliphatic carbocycles. The Morgan fingerprint density at radius 1 is 1.31 bits per heavy atom. The van der Waals surface area contributed by atoms with Crippen molar-refractivity contribution in [1.29, 1.82) is 0 Å². The molecule has 4 heteroatoms. The molecule has 1 aliphatic rings. The van der Waals surface area contributed by atoms with E-state index in [1.165, 1.54) is 0 Å². The number of hydrogen-bond acceptors (Lipinski definition) is 2. The molecule has 1 rings (SSSR count). The van der Waals surface area contributed by atoms with E-state index in [1.54, 1.807) is 25.1 Å². The summed E-state index contributed by atoms with van der Waals surface area (Å²) < 4.78 is 25.0. The maximum atomic E-state index is 12.0. The third kappa shape index (κ3) is 3.08. The highest BCUT2D eigenvalue weighted by molar-refractivity contribution is 7.90. The van der Waals surface area contributed by atoms with Crippen molar-refractivity contribution in [2.75, 3.05) is 6.54 Å². The molecule has 94 valence electrons. The van der Waals surface area contributed by atoms with Crippen LogP contribution in [0, 0.1) is 0 Å². The van der Waals surface area contributed by atoms with Crippen molar-refractivity contribution >= 4 is 10.0 Å². The van der Waals surface area contributed by atoms with Crippen LogP contribution >= 0.6 is 0 Å². The third-order valence-electron chi connectivity index (χ3n) is 2.82. The lowest BCUT2D eigenvalue weighted by Gasteiger charge is -2.20. The minimum atomic E-state index is -3.09. The van der Waals surface area contributed by atoms with Gasteiger partial charge >= 0.3 is 0 Å². The van der Waals surface area contributed by atoms with Gasteiger partial charge in [0.1, 0.15) is 0 Å². The van der Waals surface area contributed by atoms with Gasteiger partial charge in [-0.1, -0.05) is 19.1 Å². The molecule has 1 aliphatic heterocycles. The van der Waals surface area contributed by atoms with E-state index >= 15 is 0 Å². The minimum absolute atomic E-state index is 0.241. The largest absolute Gasteiger partial charge is 0.219 e. The topological polar surface area (TPSA) is 37.1 Å². The summed E-state index contributed by atoms with van der Waals surface area (Å²) in [6.45, 7) is 8.08. The second-order valence-corrected chi connectivity index (χ2v) is 7.94. The van der Waals surface area contributed by atoms with Gasteiger partial charge in [0.25, 0.3) is 0 Å². The van der Waals surface area contributed by atoms with Gasteiger partial charge in [-0.25, -0.2) is 8.42 Å². The highest BCUT2D eigenvalue weighted by Gasteiger charge is 2.48. The second kappa shape index (κ2) is 4.88. The van der Waals surface area contributed by atoms with Crippen molar-refractivity contribution < 1.29 is 8.42 Å². The Morgan fingerprint density at radius 2 is 1.94 bits per heavy atom. The first-order valence-electron chi connectivity index (χ1n) is 5.97. The Labute approximate surface area is 99.6 Å². The standard InChI is InChI=1S/C12H23NO2S/c1-5-6-7-8-9-11-10-13(11)16(14,15)12(2,3)4/h6-7,11H,5,8-10H2,1-4H3/b7-6+. The molecule has 16 heavy (non-hydrogen) atoms. The van der Waals surface area contributed by atoms with Crippen LogP contribution in [0.3, 0.4) is 0 Å². The summed E-state index contributed by atoms with van der Waals surface area (Å²) in [6.07, 6.45) is 7.25. The van der Waals surface area contributed by atoms with Crippen LogP contribution in [0.15, 0.2) is 12.2 Å². The molecule has 0 spiro atoms. The van der Waals surface area contributed by atoms with Crippen molar-refractivity contribution in [2.24, 2.45) is 0 Å². The number of sulfonamides is 1. The van der Waals surface area contributed by atoms with Gasteiger partial charge in [-0.05, 0) is 40.0 Å². The van der Waals surface area contributed by atoms with E-state index in [4.69, 9.17) is 0 Å². The Morgan fingerprint density at radius 3 is 2.44 bits per heavy atom. The number of allylic oxidation sites excluding steroid dienone is 2. The van der Waals surface area contributed by atoms with Crippen LogP contribution in [-0.4, -0.2) is 30.1 Å². The Hall–Kier alpha value is -0.350. The summed E-state index contributed by atoms with van der Waals surface area (Å²) >= 11 is 0. The van der Waals surface area contributed by atoms with Crippen LogP contribution in [0.4, 0.5) is 0 Å². The summed E-state index contributed by atoms with van der Waals surface area (Å²) in [5.74, 6) is 0. The van der Waals surface area contributed by atoms with Gasteiger partial charge in [0.2, 0.25) is 10.0 Å². The molecule has 0 aromatic rings. The zero-order valence-electron chi connectivity index (χ0n) is 10.7. The van der Waals surface area contributed by atoms with Gasteiger partial charge < -0.3 is 0 Å². The fraction of sp³-hybridized carbons (Fsp3) is 0.833. The van der Waals surface area contributed by atoms with Crippen molar-refractivity contribution in [3.05, 3.63) is 12.2 Å². The highest BCUT2D eigenvalue weighted by atomic mass is 32.2. The lowest BCUT2D eigenvalue weighted by Crippen LogP contribution is -2.34. The molecular formula is C12H23NO2S. The first-order valence-corrected chi connectivity index (χ1v) is 7.41. The van der Waals surface area contributed by atoms with E-state index in [1.807, 2.05) is 0 Å². The number of nitrogens with zero attached hydrogens (tertiary/aromatic N) is 1. The monoisotopic (exact) mass is 245 g/mol. The van der Waals surface area contributed by atoms with E-state index in [9.17, 15) is 8.42 Å². The first kappa shape index (κ1) is 13.7. The van der Waals surface area contributed by atoms with Crippen LogP contribution in [0.2, 0.25) is 0 Å². The maximum Gasteiger partial charge on any atom is 0.219 e. The predicted molar refractivity (Wildman–Crippen MR) is 67.8 cm³/mol. The molecule has 1 heterocycles. The normalized spacial score (nSPS) is 26.2. The van der Waals surface area contributed by atoms with E-state index in [-0.39, 0.29) is 6.04 Å². The smallest absolute Gasteiger partial charge is 0.212 e. The molecule has 1 fully saturated rings. The van der Waals surface area contributed by atoms with Gasteiger partial charge in [0, 0.05) is 12.6 Å². The fourth-order valence-electron chi connectivity index (χ4n) is 1.62. The van der Waals surface area contributed by atoms with E-state index < -0.39 is 14.8 Å². The summed E-state index contributed by atoms with van der Waals surface area (Å²) in [7, 11) is -3.09. The van der Waals surface area contributed by atoms with Crippen LogP contribution < -0.4 is 0 Å². The molecule has 1 saturated heterocycles. The van der Waals surface area contributed by atoms with E-state index in [0.29, 0.717) is 6.54 Å². The summed E-state index contributed by atoms with van der Waals surface area (Å²) in [5, 5.41) is 0. The van der Waals surface area contributed by atoms with E-state index in [2.05, 4.69) is 19.1 Å². The van der Waals surface area contributed by atoms with Crippen LogP contribution in [0.5, 0.6) is 0 Å². The highest BCUT2D eigenvalue weighted by Crippen LogP contribution is 2.33. The fourth-order valence-corrected chi connectivity index (χ4v) is 3.18. The average Bonchev–Trinajstić information content (AvgIpc) is 2.90. The summed E-state index contributed by atoms with van der Waals surface area (Å²) in [6, 6.07) is 0.241.